The zero-order valence-electron chi connectivity index (χ0n) is 3.49. The Morgan fingerprint density at radius 3 is 2.17 bits per heavy atom. The molecule has 0 aliphatic carbocycles. The molecule has 0 aromatic carbocycles. The van der Waals surface area contributed by atoms with Crippen LogP contribution < -0.4 is 11.1 Å². The van der Waals surface area contributed by atoms with Gasteiger partial charge in [-0.1, -0.05) is 7.43 Å². The molecule has 0 saturated carbocycles. The van der Waals surface area contributed by atoms with Crippen LogP contribution in [0.25, 0.3) is 0 Å². The van der Waals surface area contributed by atoms with Crippen LogP contribution in [0.2, 0.25) is 0 Å². The lowest BCUT2D eigenvalue weighted by Gasteiger charge is -1.85. The van der Waals surface area contributed by atoms with Crippen LogP contribution in [0.1, 0.15) is 7.43 Å². The standard InChI is InChI=1S/C3H10N2.CH4/c1-5-3-2-4;/h5H,2-4H2,1H3;1H4. The van der Waals surface area contributed by atoms with Crippen LogP contribution in [0, 0.1) is 0 Å². The van der Waals surface area contributed by atoms with Crippen molar-refractivity contribution in [3.63, 3.8) is 0 Å². The number of likely N-dealkylation sites (N-methyl/N-ethyl adjacent to an activating group) is 1. The van der Waals surface area contributed by atoms with E-state index >= 15 is 0 Å². The highest BCUT2D eigenvalue weighted by molar-refractivity contribution is 4.33. The fourth-order valence-corrected chi connectivity index (χ4v) is 0.144. The van der Waals surface area contributed by atoms with Crippen molar-refractivity contribution in [1.82, 2.24) is 5.32 Å². The molecular weight excluding hydrogens is 76.1 g/mol. The van der Waals surface area contributed by atoms with E-state index in [2.05, 4.69) is 5.32 Å². The summed E-state index contributed by atoms with van der Waals surface area (Å²) in [5.41, 5.74) is 5.08. The van der Waals surface area contributed by atoms with E-state index in [-0.39, 0.29) is 7.43 Å². The van der Waals surface area contributed by atoms with Crippen molar-refractivity contribution in [2.75, 3.05) is 20.1 Å². The highest BCUT2D eigenvalue weighted by atomic mass is 14.8. The SMILES string of the molecule is C.CNCCN. The molecule has 0 atom stereocenters. The summed E-state index contributed by atoms with van der Waals surface area (Å²) in [5.74, 6) is 0. The molecule has 0 heterocycles. The molecule has 2 nitrogen and oxygen atoms in total. The third-order valence-corrected chi connectivity index (χ3v) is 0.394. The van der Waals surface area contributed by atoms with Crippen LogP contribution in [0.3, 0.4) is 0 Å². The number of hydrogen-bond donors (Lipinski definition) is 2. The maximum absolute atomic E-state index is 5.08. The highest BCUT2D eigenvalue weighted by Gasteiger charge is 1.64. The Balaban J connectivity index is 0. The lowest BCUT2D eigenvalue weighted by Crippen LogP contribution is -2.17. The first-order valence-corrected chi connectivity index (χ1v) is 1.76. The average Bonchev–Trinajstić information content (AvgIpc) is 1.41. The molecule has 0 spiro atoms. The Hall–Kier alpha value is -0.0800. The fourth-order valence-electron chi connectivity index (χ4n) is 0.144. The lowest BCUT2D eigenvalue weighted by atomic mass is 10.7. The summed E-state index contributed by atoms with van der Waals surface area (Å²) in [4.78, 5) is 0. The second-order valence-electron chi connectivity index (χ2n) is 0.892. The van der Waals surface area contributed by atoms with Gasteiger partial charge in [-0.05, 0) is 7.05 Å². The Morgan fingerprint density at radius 1 is 1.67 bits per heavy atom. The number of rotatable bonds is 2. The van der Waals surface area contributed by atoms with E-state index in [0.29, 0.717) is 0 Å². The second-order valence-corrected chi connectivity index (χ2v) is 0.892. The van der Waals surface area contributed by atoms with Crippen molar-refractivity contribution in [2.24, 2.45) is 5.73 Å². The first-order chi connectivity index (χ1) is 2.41. The Labute approximate surface area is 39.7 Å². The Bertz CT molecular complexity index is 13.0. The smallest absolute Gasteiger partial charge is 0.00714 e. The van der Waals surface area contributed by atoms with E-state index in [1.807, 2.05) is 7.05 Å². The third-order valence-electron chi connectivity index (χ3n) is 0.394. The van der Waals surface area contributed by atoms with Crippen molar-refractivity contribution >= 4 is 0 Å². The van der Waals surface area contributed by atoms with Gasteiger partial charge >= 0.3 is 0 Å². The Kier molecular flexibility index (Phi) is 13.8. The van der Waals surface area contributed by atoms with E-state index in [1.165, 1.54) is 0 Å². The normalized spacial score (nSPS) is 7.00. The van der Waals surface area contributed by atoms with Crippen LogP contribution >= 0.6 is 0 Å². The Morgan fingerprint density at radius 2 is 2.17 bits per heavy atom. The maximum Gasteiger partial charge on any atom is 0.00714 e. The van der Waals surface area contributed by atoms with Gasteiger partial charge in [-0.2, -0.15) is 0 Å². The monoisotopic (exact) mass is 90.1 g/mol. The van der Waals surface area contributed by atoms with Gasteiger partial charge in [-0.25, -0.2) is 0 Å². The summed E-state index contributed by atoms with van der Waals surface area (Å²) in [6.07, 6.45) is 0. The quantitative estimate of drug-likeness (QED) is 0.493. The molecule has 0 rings (SSSR count). The van der Waals surface area contributed by atoms with Gasteiger partial charge in [-0.15, -0.1) is 0 Å². The van der Waals surface area contributed by atoms with Gasteiger partial charge in [0.1, 0.15) is 0 Å². The largest absolute Gasteiger partial charge is 0.329 e. The minimum absolute atomic E-state index is 0. The van der Waals surface area contributed by atoms with Crippen molar-refractivity contribution in [3.05, 3.63) is 0 Å². The maximum atomic E-state index is 5.08. The van der Waals surface area contributed by atoms with Crippen LogP contribution in [0.5, 0.6) is 0 Å². The van der Waals surface area contributed by atoms with Gasteiger partial charge in [-0.3, -0.25) is 0 Å². The topological polar surface area (TPSA) is 38.0 Å². The summed E-state index contributed by atoms with van der Waals surface area (Å²) in [6.45, 7) is 1.65. The van der Waals surface area contributed by atoms with Crippen molar-refractivity contribution in [3.8, 4) is 0 Å². The molecule has 0 radical (unpaired) electrons. The molecule has 0 saturated heterocycles. The van der Waals surface area contributed by atoms with Gasteiger partial charge < -0.3 is 11.1 Å². The lowest BCUT2D eigenvalue weighted by molar-refractivity contribution is 0.802. The first kappa shape index (κ1) is 9.33. The highest BCUT2D eigenvalue weighted by Crippen LogP contribution is 1.37. The van der Waals surface area contributed by atoms with Crippen molar-refractivity contribution < 1.29 is 0 Å². The zero-order chi connectivity index (χ0) is 4.12. The minimum Gasteiger partial charge on any atom is -0.329 e. The van der Waals surface area contributed by atoms with Crippen molar-refractivity contribution in [1.29, 1.82) is 0 Å². The van der Waals surface area contributed by atoms with E-state index < -0.39 is 0 Å². The van der Waals surface area contributed by atoms with E-state index in [0.717, 1.165) is 13.1 Å². The summed E-state index contributed by atoms with van der Waals surface area (Å²) in [6, 6.07) is 0. The van der Waals surface area contributed by atoms with Crippen molar-refractivity contribution in [2.45, 2.75) is 7.43 Å². The van der Waals surface area contributed by atoms with Gasteiger partial charge in [0.15, 0.2) is 0 Å². The van der Waals surface area contributed by atoms with E-state index in [9.17, 15) is 0 Å². The van der Waals surface area contributed by atoms with Gasteiger partial charge in [0.2, 0.25) is 0 Å². The third kappa shape index (κ3) is 9.07. The molecule has 3 N–H and O–H groups in total. The van der Waals surface area contributed by atoms with Crippen LogP contribution in [0.15, 0.2) is 0 Å². The molecule has 0 aromatic rings. The van der Waals surface area contributed by atoms with E-state index in [1.54, 1.807) is 0 Å². The summed E-state index contributed by atoms with van der Waals surface area (Å²) in [5, 5.41) is 2.89. The zero-order valence-corrected chi connectivity index (χ0v) is 3.49. The van der Waals surface area contributed by atoms with Crippen LogP contribution in [0.4, 0.5) is 0 Å². The first-order valence-electron chi connectivity index (χ1n) is 1.76. The molecule has 40 valence electrons. The van der Waals surface area contributed by atoms with Gasteiger partial charge in [0.05, 0.1) is 0 Å². The molecule has 0 fully saturated rings. The molecule has 0 unspecified atom stereocenters. The second kappa shape index (κ2) is 8.87. The van der Waals surface area contributed by atoms with E-state index in [4.69, 9.17) is 5.73 Å². The fraction of sp³-hybridized carbons (Fsp3) is 1.00. The summed E-state index contributed by atoms with van der Waals surface area (Å²) < 4.78 is 0. The predicted octanol–water partition coefficient (Wildman–Crippen LogP) is -0.199. The molecule has 0 aliphatic rings. The molecular formula is C4H14N2. The number of nitrogens with two attached hydrogens (primary N) is 1. The molecule has 0 aliphatic heterocycles. The van der Waals surface area contributed by atoms with Gasteiger partial charge in [0.25, 0.3) is 0 Å². The van der Waals surface area contributed by atoms with Crippen LogP contribution in [-0.2, 0) is 0 Å². The molecule has 0 amide bonds. The number of nitrogens with one attached hydrogen (secondary N) is 1. The molecule has 0 bridgehead atoms. The number of hydrogen-bond acceptors (Lipinski definition) is 2. The minimum atomic E-state index is 0. The molecule has 2 heteroatoms. The average molecular weight is 90.2 g/mol. The summed E-state index contributed by atoms with van der Waals surface area (Å²) in [7, 11) is 1.88. The van der Waals surface area contributed by atoms with Gasteiger partial charge in [0, 0.05) is 13.1 Å². The molecule has 6 heavy (non-hydrogen) atoms. The van der Waals surface area contributed by atoms with Crippen LogP contribution in [-0.4, -0.2) is 20.1 Å². The summed E-state index contributed by atoms with van der Waals surface area (Å²) >= 11 is 0. The predicted molar refractivity (Wildman–Crippen MR) is 29.7 cm³/mol. The molecule has 0 aromatic heterocycles.